The molecule has 1 saturated carbocycles. The molecule has 178 valence electrons. The van der Waals surface area contributed by atoms with E-state index >= 15 is 0 Å². The minimum absolute atomic E-state index is 0.0807. The van der Waals surface area contributed by atoms with Crippen molar-refractivity contribution in [2.24, 2.45) is 11.8 Å². The summed E-state index contributed by atoms with van der Waals surface area (Å²) in [7, 11) is 1.64. The van der Waals surface area contributed by atoms with E-state index in [0.717, 1.165) is 24.3 Å². The average Bonchev–Trinajstić information content (AvgIpc) is 3.13. The molecule has 0 unspecified atom stereocenters. The molecule has 0 aromatic heterocycles. The summed E-state index contributed by atoms with van der Waals surface area (Å²) in [6.45, 7) is 2.64. The molecule has 2 aromatic rings. The Morgan fingerprint density at radius 2 is 1.53 bits per heavy atom. The Kier molecular flexibility index (Phi) is 5.85. The SMILES string of the molecule is COc1cccc(N2CCN(c3ccc(N4C(=O)[C@H]5CCCC[C@@H]5C4=O)cc3[N+](=O)[O-])CC2)c1. The van der Waals surface area contributed by atoms with Crippen molar-refractivity contribution >= 4 is 34.6 Å². The zero-order chi connectivity index (χ0) is 23.8. The lowest BCUT2D eigenvalue weighted by Crippen LogP contribution is -2.46. The molecule has 9 nitrogen and oxygen atoms in total. The van der Waals surface area contributed by atoms with Crippen LogP contribution in [0.5, 0.6) is 5.75 Å². The van der Waals surface area contributed by atoms with Crippen LogP contribution in [-0.4, -0.2) is 50.0 Å². The lowest BCUT2D eigenvalue weighted by Gasteiger charge is -2.37. The number of methoxy groups -OCH3 is 1. The summed E-state index contributed by atoms with van der Waals surface area (Å²) in [6, 6.07) is 12.6. The van der Waals surface area contributed by atoms with E-state index in [-0.39, 0.29) is 29.3 Å². The van der Waals surface area contributed by atoms with Crippen LogP contribution in [0.15, 0.2) is 42.5 Å². The van der Waals surface area contributed by atoms with Crippen molar-refractivity contribution in [3.63, 3.8) is 0 Å². The molecule has 0 N–H and O–H groups in total. The smallest absolute Gasteiger partial charge is 0.294 e. The lowest BCUT2D eigenvalue weighted by atomic mass is 9.81. The number of hydrogen-bond acceptors (Lipinski definition) is 7. The molecule has 2 saturated heterocycles. The van der Waals surface area contributed by atoms with E-state index in [9.17, 15) is 19.7 Å². The van der Waals surface area contributed by atoms with Crippen LogP contribution in [0.4, 0.5) is 22.7 Å². The topological polar surface area (TPSA) is 96.2 Å². The number of imide groups is 1. The first-order chi connectivity index (χ1) is 16.5. The highest BCUT2D eigenvalue weighted by molar-refractivity contribution is 6.22. The number of amides is 2. The standard InChI is InChI=1S/C25H28N4O5/c1-34-19-6-4-5-17(15-19)26-11-13-27(14-12-26)22-10-9-18(16-23(22)29(32)33)28-24(30)20-7-2-3-8-21(20)25(28)31/h4-6,9-10,15-16,20-21H,2-3,7-8,11-14H2,1H3/t20-,21-/m0/s1. The summed E-state index contributed by atoms with van der Waals surface area (Å²) in [5.74, 6) is -0.223. The van der Waals surface area contributed by atoms with Gasteiger partial charge in [0.15, 0.2) is 0 Å². The fraction of sp³-hybridized carbons (Fsp3) is 0.440. The van der Waals surface area contributed by atoms with Crippen molar-refractivity contribution in [2.75, 3.05) is 48.0 Å². The fourth-order valence-electron chi connectivity index (χ4n) is 5.49. The van der Waals surface area contributed by atoms with Gasteiger partial charge in [0.2, 0.25) is 11.8 Å². The number of carbonyl (C=O) groups is 2. The molecule has 5 rings (SSSR count). The van der Waals surface area contributed by atoms with Gasteiger partial charge in [-0.3, -0.25) is 19.7 Å². The third-order valence-corrected chi connectivity index (χ3v) is 7.29. The van der Waals surface area contributed by atoms with Crippen molar-refractivity contribution in [1.82, 2.24) is 0 Å². The first-order valence-corrected chi connectivity index (χ1v) is 11.8. The predicted octanol–water partition coefficient (Wildman–Crippen LogP) is 3.61. The molecule has 34 heavy (non-hydrogen) atoms. The number of hydrogen-bond donors (Lipinski definition) is 0. The Morgan fingerprint density at radius 3 is 2.15 bits per heavy atom. The maximum Gasteiger partial charge on any atom is 0.294 e. The first kappa shape index (κ1) is 22.2. The van der Waals surface area contributed by atoms with Gasteiger partial charge in [-0.05, 0) is 37.1 Å². The molecule has 0 spiro atoms. The molecule has 0 radical (unpaired) electrons. The number of nitro groups is 1. The highest BCUT2D eigenvalue weighted by atomic mass is 16.6. The van der Waals surface area contributed by atoms with E-state index in [1.54, 1.807) is 19.2 Å². The van der Waals surface area contributed by atoms with Gasteiger partial charge in [-0.1, -0.05) is 18.9 Å². The van der Waals surface area contributed by atoms with Gasteiger partial charge in [0.25, 0.3) is 5.69 Å². The Hall–Kier alpha value is -3.62. The molecule has 3 aliphatic rings. The second kappa shape index (κ2) is 8.96. The van der Waals surface area contributed by atoms with E-state index in [1.807, 2.05) is 29.2 Å². The monoisotopic (exact) mass is 464 g/mol. The van der Waals surface area contributed by atoms with Gasteiger partial charge in [-0.15, -0.1) is 0 Å². The maximum atomic E-state index is 12.9. The molecule has 1 aliphatic carbocycles. The Morgan fingerprint density at radius 1 is 0.882 bits per heavy atom. The van der Waals surface area contributed by atoms with Crippen molar-refractivity contribution in [2.45, 2.75) is 25.7 Å². The highest BCUT2D eigenvalue weighted by Crippen LogP contribution is 2.42. The van der Waals surface area contributed by atoms with Crippen LogP contribution in [0.1, 0.15) is 25.7 Å². The number of nitrogens with zero attached hydrogens (tertiary/aromatic N) is 4. The van der Waals surface area contributed by atoms with Crippen molar-refractivity contribution in [1.29, 1.82) is 0 Å². The number of ether oxygens (including phenoxy) is 1. The predicted molar refractivity (Wildman–Crippen MR) is 128 cm³/mol. The molecule has 3 fully saturated rings. The van der Waals surface area contributed by atoms with Crippen LogP contribution in [0, 0.1) is 22.0 Å². The van der Waals surface area contributed by atoms with Crippen LogP contribution >= 0.6 is 0 Å². The van der Waals surface area contributed by atoms with E-state index < -0.39 is 4.92 Å². The van der Waals surface area contributed by atoms with Crippen LogP contribution in [0.2, 0.25) is 0 Å². The Bertz CT molecular complexity index is 1100. The van der Waals surface area contributed by atoms with Crippen LogP contribution in [0.25, 0.3) is 0 Å². The minimum atomic E-state index is -0.425. The summed E-state index contributed by atoms with van der Waals surface area (Å²) in [5.41, 5.74) is 1.78. The van der Waals surface area contributed by atoms with Gasteiger partial charge < -0.3 is 14.5 Å². The van der Waals surface area contributed by atoms with Crippen molar-refractivity contribution in [3.05, 3.63) is 52.6 Å². The number of nitro benzene ring substituents is 1. The number of piperazine rings is 1. The number of rotatable bonds is 5. The molecular formula is C25H28N4O5. The molecular weight excluding hydrogens is 436 g/mol. The van der Waals surface area contributed by atoms with Gasteiger partial charge in [-0.2, -0.15) is 0 Å². The van der Waals surface area contributed by atoms with E-state index in [1.165, 1.54) is 11.0 Å². The fourth-order valence-corrected chi connectivity index (χ4v) is 5.49. The van der Waals surface area contributed by atoms with Crippen molar-refractivity contribution < 1.29 is 19.2 Å². The Balaban J connectivity index is 1.36. The minimum Gasteiger partial charge on any atom is -0.497 e. The third kappa shape index (κ3) is 3.85. The number of fused-ring (bicyclic) bond motifs is 1. The van der Waals surface area contributed by atoms with Gasteiger partial charge in [-0.25, -0.2) is 4.90 Å². The zero-order valence-corrected chi connectivity index (χ0v) is 19.2. The second-order valence-electron chi connectivity index (χ2n) is 9.12. The number of carbonyl (C=O) groups excluding carboxylic acids is 2. The van der Waals surface area contributed by atoms with E-state index in [4.69, 9.17) is 4.74 Å². The number of benzene rings is 2. The van der Waals surface area contributed by atoms with Gasteiger partial charge in [0, 0.05) is 44.0 Å². The zero-order valence-electron chi connectivity index (χ0n) is 19.2. The largest absolute Gasteiger partial charge is 0.497 e. The van der Waals surface area contributed by atoms with Gasteiger partial charge in [0.1, 0.15) is 11.4 Å². The number of anilines is 3. The molecule has 2 aliphatic heterocycles. The molecule has 0 bridgehead atoms. The molecule has 9 heteroatoms. The van der Waals surface area contributed by atoms with E-state index in [2.05, 4.69) is 4.90 Å². The van der Waals surface area contributed by atoms with Crippen LogP contribution in [-0.2, 0) is 9.59 Å². The summed E-state index contributed by atoms with van der Waals surface area (Å²) in [4.78, 5) is 42.8. The molecule has 2 aromatic carbocycles. The summed E-state index contributed by atoms with van der Waals surface area (Å²) in [5, 5.41) is 12.0. The quantitative estimate of drug-likeness (QED) is 0.379. The molecule has 2 amide bonds. The first-order valence-electron chi connectivity index (χ1n) is 11.8. The van der Waals surface area contributed by atoms with Crippen molar-refractivity contribution in [3.8, 4) is 5.75 Å². The second-order valence-corrected chi connectivity index (χ2v) is 9.12. The third-order valence-electron chi connectivity index (χ3n) is 7.29. The van der Waals surface area contributed by atoms with Crippen LogP contribution < -0.4 is 19.4 Å². The highest BCUT2D eigenvalue weighted by Gasteiger charge is 2.49. The maximum absolute atomic E-state index is 12.9. The van der Waals surface area contributed by atoms with Gasteiger partial charge in [0.05, 0.1) is 29.6 Å². The molecule has 2 heterocycles. The summed E-state index contributed by atoms with van der Waals surface area (Å²) < 4.78 is 5.31. The normalized spacial score (nSPS) is 22.7. The average molecular weight is 465 g/mol. The Labute approximate surface area is 198 Å². The summed E-state index contributed by atoms with van der Waals surface area (Å²) >= 11 is 0. The lowest BCUT2D eigenvalue weighted by molar-refractivity contribution is -0.384. The van der Waals surface area contributed by atoms with Gasteiger partial charge >= 0.3 is 0 Å². The summed E-state index contributed by atoms with van der Waals surface area (Å²) in [6.07, 6.45) is 3.30. The van der Waals surface area contributed by atoms with Crippen LogP contribution in [0.3, 0.4) is 0 Å². The molecule has 2 atom stereocenters. The van der Waals surface area contributed by atoms with E-state index in [0.29, 0.717) is 50.4 Å².